The molecule has 3 aromatic carbocycles. The van der Waals surface area contributed by atoms with Crippen molar-refractivity contribution in [3.8, 4) is 11.1 Å². The molecule has 198 valence electrons. The number of hydrogen-bond acceptors (Lipinski definition) is 0. The van der Waals surface area contributed by atoms with Crippen molar-refractivity contribution < 1.29 is 24.2 Å². The summed E-state index contributed by atoms with van der Waals surface area (Å²) in [5.74, 6) is 0. The van der Waals surface area contributed by atoms with Gasteiger partial charge in [-0.05, 0) is 28.4 Å². The van der Waals surface area contributed by atoms with Gasteiger partial charge in [0.25, 0.3) is 0 Å². The van der Waals surface area contributed by atoms with Gasteiger partial charge >= 0.3 is 28.4 Å². The van der Waals surface area contributed by atoms with Crippen LogP contribution in [0.1, 0.15) is 75.8 Å². The Hall–Kier alpha value is -1.53. The van der Waals surface area contributed by atoms with E-state index < -0.39 is 0 Å². The van der Waals surface area contributed by atoms with Gasteiger partial charge in [-0.3, -0.25) is 6.08 Å². The van der Waals surface area contributed by atoms with Gasteiger partial charge < -0.3 is 0 Å². The van der Waals surface area contributed by atoms with Crippen LogP contribution < -0.4 is 0 Å². The molecule has 0 aromatic heterocycles. The molecule has 2 aliphatic rings. The Kier molecular flexibility index (Phi) is 15.8. The summed E-state index contributed by atoms with van der Waals surface area (Å²) in [5, 5.41) is 0. The quantitative estimate of drug-likeness (QED) is 0.174. The molecule has 2 aliphatic carbocycles. The predicted molar refractivity (Wildman–Crippen MR) is 164 cm³/mol. The summed E-state index contributed by atoms with van der Waals surface area (Å²) in [6, 6.07) is 26.0. The molecule has 0 atom stereocenters. The molecule has 5 rings (SSSR count). The maximum absolute atomic E-state index is 3.67. The Bertz CT molecular complexity index is 1080. The average Bonchev–Trinajstić information content (AvgIpc) is 3.51. The second-order valence-electron chi connectivity index (χ2n) is 10.9. The third-order valence-electron chi connectivity index (χ3n) is 5.93. The Labute approximate surface area is 253 Å². The van der Waals surface area contributed by atoms with Crippen LogP contribution in [0.5, 0.6) is 0 Å². The summed E-state index contributed by atoms with van der Waals surface area (Å²) < 4.78 is 3.34. The van der Waals surface area contributed by atoms with Crippen LogP contribution in [-0.2, 0) is 41.5 Å². The molecule has 3 aromatic rings. The van der Waals surface area contributed by atoms with Crippen molar-refractivity contribution in [2.45, 2.75) is 72.1 Å². The van der Waals surface area contributed by atoms with E-state index in [0.29, 0.717) is 0 Å². The van der Waals surface area contributed by atoms with Crippen LogP contribution in [0.25, 0.3) is 11.1 Å². The molecule has 0 radical (unpaired) electrons. The van der Waals surface area contributed by atoms with Crippen molar-refractivity contribution in [1.29, 1.82) is 0 Å². The minimum atomic E-state index is 0. The summed E-state index contributed by atoms with van der Waals surface area (Å²) in [6.07, 6.45) is 11.0. The number of aryl methyl sites for hydroxylation is 1. The van der Waals surface area contributed by atoms with Gasteiger partial charge in [-0.1, -0.05) is 72.2 Å². The van der Waals surface area contributed by atoms with Gasteiger partial charge in [0.2, 0.25) is 0 Å². The van der Waals surface area contributed by atoms with Crippen molar-refractivity contribution in [2.75, 3.05) is 0 Å². The number of allylic oxidation sites excluding steroid dienone is 4. The average molecular weight is 612 g/mol. The van der Waals surface area contributed by atoms with Gasteiger partial charge in [0.05, 0.1) is 0 Å². The molecule has 0 saturated carbocycles. The Morgan fingerprint density at radius 2 is 1.43 bits per heavy atom. The first-order chi connectivity index (χ1) is 16.6. The van der Waals surface area contributed by atoms with E-state index in [1.165, 1.54) is 63.2 Å². The van der Waals surface area contributed by atoms with E-state index in [0.717, 1.165) is 12.8 Å². The van der Waals surface area contributed by atoms with E-state index in [1.807, 2.05) is 36.4 Å². The summed E-state index contributed by atoms with van der Waals surface area (Å²) in [4.78, 5) is 0. The monoisotopic (exact) mass is 609 g/mol. The number of fused-ring (bicyclic) bond motifs is 3. The summed E-state index contributed by atoms with van der Waals surface area (Å²) in [7, 11) is 0. The Morgan fingerprint density at radius 3 is 1.86 bits per heavy atom. The van der Waals surface area contributed by atoms with Gasteiger partial charge in [0.15, 0.2) is 0 Å². The fourth-order valence-corrected chi connectivity index (χ4v) is 3.84. The Balaban J connectivity index is 0.000000668. The van der Waals surface area contributed by atoms with Crippen LogP contribution in [0.15, 0.2) is 72.8 Å². The van der Waals surface area contributed by atoms with Crippen LogP contribution in [-0.4, -0.2) is 4.21 Å². The molecule has 0 saturated heterocycles. The van der Waals surface area contributed by atoms with E-state index in [2.05, 4.69) is 107 Å². The van der Waals surface area contributed by atoms with Gasteiger partial charge in [0, 0.05) is 0 Å². The summed E-state index contributed by atoms with van der Waals surface area (Å²) in [6.45, 7) is 15.7. The van der Waals surface area contributed by atoms with E-state index in [-0.39, 0.29) is 35.6 Å². The van der Waals surface area contributed by atoms with Crippen LogP contribution in [0.2, 0.25) is 0 Å². The SMILES string of the molecule is CC(C)(C)c1[c-]c2c(cc1)-c1ccc(C(C)(C)C)cc1C2.Cc1cc[c-]cc1.Cl.Cl.[C-]1=CC=CC1.[CH2]=[Zr]. The van der Waals surface area contributed by atoms with Crippen molar-refractivity contribution in [3.63, 3.8) is 0 Å². The van der Waals surface area contributed by atoms with Crippen molar-refractivity contribution in [2.24, 2.45) is 0 Å². The second-order valence-corrected chi connectivity index (χ2v) is 10.9. The van der Waals surface area contributed by atoms with E-state index >= 15 is 0 Å². The van der Waals surface area contributed by atoms with Crippen LogP contribution >= 0.6 is 24.8 Å². The molecule has 0 nitrogen and oxygen atoms in total. The maximum atomic E-state index is 3.67. The Morgan fingerprint density at radius 1 is 0.811 bits per heavy atom. The summed E-state index contributed by atoms with van der Waals surface area (Å²) >= 11 is 1.30. The fraction of sp³-hybridized carbons (Fsp3) is 0.324. The zero-order chi connectivity index (χ0) is 26.1. The molecule has 0 bridgehead atoms. The first-order valence-electron chi connectivity index (χ1n) is 12.2. The first kappa shape index (κ1) is 35.5. The molecular weight excluding hydrogens is 571 g/mol. The third-order valence-corrected chi connectivity index (χ3v) is 5.93. The van der Waals surface area contributed by atoms with Crippen LogP contribution in [0, 0.1) is 25.1 Å². The molecule has 0 spiro atoms. The zero-order valence-electron chi connectivity index (χ0n) is 23.4. The summed E-state index contributed by atoms with van der Waals surface area (Å²) in [5.41, 5.74) is 10.00. The van der Waals surface area contributed by atoms with E-state index in [9.17, 15) is 0 Å². The second kappa shape index (κ2) is 16.4. The first-order valence-corrected chi connectivity index (χ1v) is 14.0. The van der Waals surface area contributed by atoms with E-state index in [4.69, 9.17) is 0 Å². The molecule has 0 fully saturated rings. The predicted octanol–water partition coefficient (Wildman–Crippen LogP) is 9.56. The zero-order valence-corrected chi connectivity index (χ0v) is 27.5. The topological polar surface area (TPSA) is 0 Å². The number of benzene rings is 3. The molecule has 0 aliphatic heterocycles. The molecular formula is C34H41Cl2Zr-3. The van der Waals surface area contributed by atoms with Crippen LogP contribution in [0.3, 0.4) is 0 Å². The number of halogens is 2. The fourth-order valence-electron chi connectivity index (χ4n) is 3.84. The molecule has 0 amide bonds. The molecule has 3 heteroatoms. The minimum absolute atomic E-state index is 0. The van der Waals surface area contributed by atoms with E-state index in [1.54, 1.807) is 0 Å². The van der Waals surface area contributed by atoms with Crippen molar-refractivity contribution in [1.82, 2.24) is 0 Å². The molecule has 0 heterocycles. The van der Waals surface area contributed by atoms with Crippen molar-refractivity contribution >= 4 is 29.0 Å². The van der Waals surface area contributed by atoms with Crippen LogP contribution in [0.4, 0.5) is 0 Å². The van der Waals surface area contributed by atoms with Gasteiger partial charge in [0.1, 0.15) is 0 Å². The molecule has 0 N–H and O–H groups in total. The van der Waals surface area contributed by atoms with Crippen molar-refractivity contribution in [3.05, 3.63) is 119 Å². The normalized spacial score (nSPS) is 12.1. The van der Waals surface area contributed by atoms with Gasteiger partial charge in [-0.25, -0.2) is 12.2 Å². The number of hydrogen-bond donors (Lipinski definition) is 0. The van der Waals surface area contributed by atoms with Gasteiger partial charge in [-0.15, -0.1) is 42.4 Å². The molecule has 37 heavy (non-hydrogen) atoms. The molecule has 0 unspecified atom stereocenters. The standard InChI is InChI=1S/C21H25.C7H7.C5H5.CH2.2ClH.Zr/c1-20(2,3)16-7-9-18-14(12-16)11-15-13-17(21(4,5)6)8-10-19(15)18;1-7-5-3-2-4-6-7;1-2-4-5-3-1;;;;/h7-10,12H,11H2,1-6H3;3-6H,1H3;1-3H,4H2;1H2;2*1H;/q3*-1;;;;. The number of rotatable bonds is 0. The van der Waals surface area contributed by atoms with Gasteiger partial charge in [-0.2, -0.15) is 65.7 Å². The third kappa shape index (κ3) is 11.0.